The molecule has 3 unspecified atom stereocenters. The summed E-state index contributed by atoms with van der Waals surface area (Å²) >= 11 is 0. The van der Waals surface area contributed by atoms with Crippen molar-refractivity contribution in [2.45, 2.75) is 178 Å². The van der Waals surface area contributed by atoms with E-state index < -0.39 is 17.9 Å². The molecule has 0 N–H and O–H groups in total. The van der Waals surface area contributed by atoms with Gasteiger partial charge in [-0.2, -0.15) is 0 Å². The van der Waals surface area contributed by atoms with E-state index in [4.69, 9.17) is 14.2 Å². The number of nitrogens with zero attached hydrogens (tertiary/aromatic N) is 1. The summed E-state index contributed by atoms with van der Waals surface area (Å²) in [5, 5.41) is 0. The number of rotatable bonds is 22. The molecule has 2 aromatic rings. The maximum Gasteiger partial charge on any atom is 0.348 e. The summed E-state index contributed by atoms with van der Waals surface area (Å²) in [6.45, 7) is 4.84. The van der Waals surface area contributed by atoms with E-state index >= 15 is 0 Å². The van der Waals surface area contributed by atoms with Gasteiger partial charge in [0.15, 0.2) is 0 Å². The first kappa shape index (κ1) is 38.0. The van der Waals surface area contributed by atoms with Crippen LogP contribution in [0.3, 0.4) is 0 Å². The van der Waals surface area contributed by atoms with Crippen molar-refractivity contribution in [3.63, 3.8) is 0 Å². The van der Waals surface area contributed by atoms with Crippen molar-refractivity contribution in [1.82, 2.24) is 0 Å². The van der Waals surface area contributed by atoms with Crippen LogP contribution in [-0.4, -0.2) is 54.0 Å². The highest BCUT2D eigenvalue weighted by molar-refractivity contribution is 5.86. The summed E-state index contributed by atoms with van der Waals surface area (Å²) in [5.41, 5.74) is -0.121. The van der Waals surface area contributed by atoms with Crippen molar-refractivity contribution in [2.75, 3.05) is 13.1 Å². The average molecular weight is 701 g/mol. The molecule has 0 radical (unpaired) electrons. The van der Waals surface area contributed by atoms with Gasteiger partial charge in [0.1, 0.15) is 6.10 Å². The molecule has 2 bridgehead atoms. The van der Waals surface area contributed by atoms with Gasteiger partial charge < -0.3 is 18.7 Å². The van der Waals surface area contributed by atoms with E-state index in [1.165, 1.54) is 107 Å². The second-order valence-corrected chi connectivity index (χ2v) is 16.4. The van der Waals surface area contributed by atoms with Gasteiger partial charge in [-0.1, -0.05) is 145 Å². The van der Waals surface area contributed by atoms with Crippen LogP contribution in [0.4, 0.5) is 0 Å². The standard InChI is InChI=1S/C45H66NO5/c1-2-3-4-5-6-7-8-9-10-11-12-13-20-27-42(47)50-43(36-28-29-36)51-45(37-23-16-14-17-24-37,38-25-18-15-19-26-38)44(48)49-41-34-39-30-31-40(35-41)46(39)32-21-22-33-46/h14-19,23-26,36,39-41,43H,2-13,20-22,27-35H2,1H3/q+1. The molecule has 6 rings (SSSR count). The minimum Gasteiger partial charge on any atom is -0.459 e. The number of carbonyl (C=O) groups excluding carboxylic acids is 2. The first-order chi connectivity index (χ1) is 25.0. The maximum absolute atomic E-state index is 14.9. The number of hydrogen-bond acceptors (Lipinski definition) is 5. The fraction of sp³-hybridized carbons (Fsp3) is 0.689. The van der Waals surface area contributed by atoms with E-state index in [0.717, 1.165) is 44.9 Å². The molecule has 3 saturated heterocycles. The molecule has 0 aromatic heterocycles. The molecular weight excluding hydrogens is 634 g/mol. The van der Waals surface area contributed by atoms with Crippen molar-refractivity contribution >= 4 is 11.9 Å². The Hall–Kier alpha value is -2.70. The van der Waals surface area contributed by atoms with E-state index in [1.54, 1.807) is 0 Å². The zero-order valence-corrected chi connectivity index (χ0v) is 31.6. The van der Waals surface area contributed by atoms with Crippen LogP contribution in [0.15, 0.2) is 60.7 Å². The molecule has 0 amide bonds. The number of carbonyl (C=O) groups is 2. The summed E-state index contributed by atoms with van der Waals surface area (Å²) < 4.78 is 21.0. The van der Waals surface area contributed by atoms with Crippen molar-refractivity contribution in [2.24, 2.45) is 5.92 Å². The van der Waals surface area contributed by atoms with Crippen LogP contribution in [0, 0.1) is 5.92 Å². The number of ether oxygens (including phenoxy) is 3. The molecule has 4 fully saturated rings. The minimum absolute atomic E-state index is 0.0743. The molecule has 1 aliphatic carbocycles. The lowest BCUT2D eigenvalue weighted by atomic mass is 9.85. The van der Waals surface area contributed by atoms with Gasteiger partial charge in [-0.25, -0.2) is 4.79 Å². The van der Waals surface area contributed by atoms with Crippen molar-refractivity contribution in [3.8, 4) is 0 Å². The Labute approximate surface area is 308 Å². The highest BCUT2D eigenvalue weighted by atomic mass is 16.7. The third kappa shape index (κ3) is 9.65. The number of unbranched alkanes of at least 4 members (excludes halogenated alkanes) is 12. The normalized spacial score (nSPS) is 23.0. The summed E-state index contributed by atoms with van der Waals surface area (Å²) in [5.74, 6) is -0.551. The van der Waals surface area contributed by atoms with Crippen molar-refractivity contribution in [3.05, 3.63) is 71.8 Å². The first-order valence-electron chi connectivity index (χ1n) is 21.1. The molecule has 3 heterocycles. The SMILES string of the molecule is CCCCCCCCCCCCCCCC(=O)OC(OC(C(=O)OC1CC2CCC(C1)[N+]21CCCC1)(c1ccccc1)c1ccccc1)C1CC1. The third-order valence-corrected chi connectivity index (χ3v) is 12.7. The Kier molecular flexibility index (Phi) is 14.1. The third-order valence-electron chi connectivity index (χ3n) is 12.7. The maximum atomic E-state index is 14.9. The molecule has 51 heavy (non-hydrogen) atoms. The van der Waals surface area contributed by atoms with Crippen molar-refractivity contribution in [1.29, 1.82) is 0 Å². The highest BCUT2D eigenvalue weighted by Crippen LogP contribution is 2.48. The smallest absolute Gasteiger partial charge is 0.348 e. The summed E-state index contributed by atoms with van der Waals surface area (Å²) in [6.07, 6.45) is 24.6. The van der Waals surface area contributed by atoms with E-state index in [1.807, 2.05) is 60.7 Å². The zero-order chi connectivity index (χ0) is 35.4. The van der Waals surface area contributed by atoms with Crippen LogP contribution in [0.25, 0.3) is 0 Å². The lowest BCUT2D eigenvalue weighted by molar-refractivity contribution is -0.956. The molecule has 1 spiro atoms. The minimum atomic E-state index is -1.54. The Morgan fingerprint density at radius 2 is 1.18 bits per heavy atom. The van der Waals surface area contributed by atoms with Crippen LogP contribution >= 0.6 is 0 Å². The van der Waals surface area contributed by atoms with Crippen LogP contribution in [0.2, 0.25) is 0 Å². The lowest BCUT2D eigenvalue weighted by Crippen LogP contribution is -2.60. The fourth-order valence-electron chi connectivity index (χ4n) is 9.71. The van der Waals surface area contributed by atoms with Crippen LogP contribution in [0.5, 0.6) is 0 Å². The number of esters is 2. The Morgan fingerprint density at radius 1 is 0.686 bits per heavy atom. The Balaban J connectivity index is 1.07. The van der Waals surface area contributed by atoms with Gasteiger partial charge in [-0.05, 0) is 30.4 Å². The van der Waals surface area contributed by atoms with Gasteiger partial charge in [0, 0.05) is 50.9 Å². The number of quaternary nitrogens is 1. The number of benzene rings is 2. The second-order valence-electron chi connectivity index (χ2n) is 16.4. The molecule has 6 nitrogen and oxygen atoms in total. The lowest BCUT2D eigenvalue weighted by Gasteiger charge is -2.47. The summed E-state index contributed by atoms with van der Waals surface area (Å²) in [6, 6.07) is 20.6. The predicted octanol–water partition coefficient (Wildman–Crippen LogP) is 10.6. The first-order valence-corrected chi connectivity index (χ1v) is 21.1. The van der Waals surface area contributed by atoms with Gasteiger partial charge >= 0.3 is 11.9 Å². The van der Waals surface area contributed by atoms with Crippen LogP contribution < -0.4 is 0 Å². The monoisotopic (exact) mass is 700 g/mol. The van der Waals surface area contributed by atoms with Crippen LogP contribution in [-0.2, 0) is 29.4 Å². The van der Waals surface area contributed by atoms with E-state index in [-0.39, 0.29) is 18.0 Å². The van der Waals surface area contributed by atoms with E-state index in [0.29, 0.717) is 29.6 Å². The van der Waals surface area contributed by atoms with Gasteiger partial charge in [0.05, 0.1) is 25.2 Å². The molecule has 3 aliphatic heterocycles. The fourth-order valence-corrected chi connectivity index (χ4v) is 9.71. The van der Waals surface area contributed by atoms with E-state index in [9.17, 15) is 9.59 Å². The van der Waals surface area contributed by atoms with Gasteiger partial charge in [0.25, 0.3) is 0 Å². The zero-order valence-electron chi connectivity index (χ0n) is 31.6. The number of hydrogen-bond donors (Lipinski definition) is 0. The van der Waals surface area contributed by atoms with Crippen LogP contribution in [0.1, 0.15) is 159 Å². The topological polar surface area (TPSA) is 61.8 Å². The molecule has 6 heteroatoms. The largest absolute Gasteiger partial charge is 0.459 e. The highest BCUT2D eigenvalue weighted by Gasteiger charge is 2.57. The Morgan fingerprint density at radius 3 is 1.67 bits per heavy atom. The second kappa shape index (κ2) is 18.9. The summed E-state index contributed by atoms with van der Waals surface area (Å²) in [7, 11) is 0. The number of piperidine rings is 1. The molecule has 1 saturated carbocycles. The van der Waals surface area contributed by atoms with E-state index in [2.05, 4.69) is 6.92 Å². The van der Waals surface area contributed by atoms with Gasteiger partial charge in [0.2, 0.25) is 11.9 Å². The molecular formula is C45H66NO5+. The Bertz CT molecular complexity index is 1280. The predicted molar refractivity (Wildman–Crippen MR) is 203 cm³/mol. The molecule has 2 aromatic carbocycles. The van der Waals surface area contributed by atoms with Gasteiger partial charge in [-0.15, -0.1) is 0 Å². The van der Waals surface area contributed by atoms with Gasteiger partial charge in [-0.3, -0.25) is 4.79 Å². The van der Waals surface area contributed by atoms with Crippen molar-refractivity contribution < 1.29 is 28.3 Å². The molecule has 280 valence electrons. The molecule has 3 atom stereocenters. The quantitative estimate of drug-likeness (QED) is 0.0530. The average Bonchev–Trinajstić information content (AvgIpc) is 3.87. The summed E-state index contributed by atoms with van der Waals surface area (Å²) in [4.78, 5) is 28.2. The molecule has 4 aliphatic rings.